The van der Waals surface area contributed by atoms with Gasteiger partial charge in [0, 0.05) is 16.8 Å². The molecular formula is C17H19ClFNO. The van der Waals surface area contributed by atoms with Crippen LogP contribution in [0.4, 0.5) is 10.1 Å². The van der Waals surface area contributed by atoms with Crippen LogP contribution in [0.25, 0.3) is 0 Å². The van der Waals surface area contributed by atoms with Crippen molar-refractivity contribution in [3.8, 4) is 5.75 Å². The van der Waals surface area contributed by atoms with E-state index in [2.05, 4.69) is 12.2 Å². The monoisotopic (exact) mass is 307 g/mol. The molecule has 1 unspecified atom stereocenters. The smallest absolute Gasteiger partial charge is 0.126 e. The lowest BCUT2D eigenvalue weighted by atomic mass is 10.1. The highest BCUT2D eigenvalue weighted by molar-refractivity contribution is 6.30. The maximum Gasteiger partial charge on any atom is 0.126 e. The van der Waals surface area contributed by atoms with Crippen molar-refractivity contribution < 1.29 is 9.13 Å². The second-order valence-corrected chi connectivity index (χ2v) is 5.38. The van der Waals surface area contributed by atoms with Gasteiger partial charge >= 0.3 is 0 Å². The quantitative estimate of drug-likeness (QED) is 0.767. The van der Waals surface area contributed by atoms with Gasteiger partial charge < -0.3 is 10.1 Å². The predicted molar refractivity (Wildman–Crippen MR) is 85.7 cm³/mol. The van der Waals surface area contributed by atoms with Crippen LogP contribution in [0.3, 0.4) is 0 Å². The topological polar surface area (TPSA) is 21.3 Å². The highest BCUT2D eigenvalue weighted by Crippen LogP contribution is 2.24. The van der Waals surface area contributed by atoms with E-state index in [9.17, 15) is 4.39 Å². The molecule has 2 rings (SSSR count). The maximum atomic E-state index is 13.3. The summed E-state index contributed by atoms with van der Waals surface area (Å²) in [6.07, 6.45) is 0.986. The fourth-order valence-electron chi connectivity index (χ4n) is 2.04. The van der Waals surface area contributed by atoms with Crippen molar-refractivity contribution in [3.63, 3.8) is 0 Å². The van der Waals surface area contributed by atoms with Crippen LogP contribution in [-0.4, -0.2) is 6.61 Å². The Morgan fingerprint density at radius 3 is 2.52 bits per heavy atom. The summed E-state index contributed by atoms with van der Waals surface area (Å²) in [6.45, 7) is 4.81. The van der Waals surface area contributed by atoms with Crippen molar-refractivity contribution in [2.24, 2.45) is 0 Å². The van der Waals surface area contributed by atoms with Gasteiger partial charge in [-0.05, 0) is 49.2 Å². The SMILES string of the molecule is CCCOc1ccc(C(C)Nc2cc(F)cc(Cl)c2)cc1. The number of hydrogen-bond donors (Lipinski definition) is 1. The molecule has 0 heterocycles. The summed E-state index contributed by atoms with van der Waals surface area (Å²) in [5, 5.41) is 3.62. The van der Waals surface area contributed by atoms with E-state index >= 15 is 0 Å². The normalized spacial score (nSPS) is 12.0. The van der Waals surface area contributed by atoms with Crippen LogP contribution in [0.1, 0.15) is 31.9 Å². The molecule has 0 aliphatic rings. The Morgan fingerprint density at radius 2 is 1.90 bits per heavy atom. The summed E-state index contributed by atoms with van der Waals surface area (Å²) in [5.74, 6) is 0.516. The Bertz CT molecular complexity index is 566. The second-order valence-electron chi connectivity index (χ2n) is 4.94. The summed E-state index contributed by atoms with van der Waals surface area (Å²) in [6, 6.07) is 12.4. The van der Waals surface area contributed by atoms with Crippen LogP contribution < -0.4 is 10.1 Å². The molecule has 0 fully saturated rings. The molecule has 4 heteroatoms. The largest absolute Gasteiger partial charge is 0.494 e. The highest BCUT2D eigenvalue weighted by Gasteiger charge is 2.07. The molecule has 0 saturated heterocycles. The average Bonchev–Trinajstić information content (AvgIpc) is 2.44. The zero-order valence-electron chi connectivity index (χ0n) is 12.2. The van der Waals surface area contributed by atoms with Crippen LogP contribution in [-0.2, 0) is 0 Å². The van der Waals surface area contributed by atoms with Gasteiger partial charge in [0.2, 0.25) is 0 Å². The minimum Gasteiger partial charge on any atom is -0.494 e. The Kier molecular flexibility index (Phi) is 5.45. The van der Waals surface area contributed by atoms with Crippen molar-refractivity contribution in [3.05, 3.63) is 58.9 Å². The lowest BCUT2D eigenvalue weighted by molar-refractivity contribution is 0.317. The Hall–Kier alpha value is -1.74. The third-order valence-corrected chi connectivity index (χ3v) is 3.32. The van der Waals surface area contributed by atoms with Gasteiger partial charge in [-0.15, -0.1) is 0 Å². The molecule has 0 aliphatic heterocycles. The van der Waals surface area contributed by atoms with Crippen LogP contribution in [0.15, 0.2) is 42.5 Å². The molecule has 1 N–H and O–H groups in total. The number of hydrogen-bond acceptors (Lipinski definition) is 2. The lowest BCUT2D eigenvalue weighted by Gasteiger charge is -2.16. The molecule has 0 aliphatic carbocycles. The molecule has 2 aromatic carbocycles. The number of rotatable bonds is 6. The summed E-state index contributed by atoms with van der Waals surface area (Å²) >= 11 is 5.85. The van der Waals surface area contributed by atoms with Crippen molar-refractivity contribution >= 4 is 17.3 Å². The van der Waals surface area contributed by atoms with Gasteiger partial charge in [-0.2, -0.15) is 0 Å². The molecule has 1 atom stereocenters. The van der Waals surface area contributed by atoms with E-state index < -0.39 is 0 Å². The first-order valence-electron chi connectivity index (χ1n) is 7.04. The van der Waals surface area contributed by atoms with Gasteiger partial charge in [-0.3, -0.25) is 0 Å². The summed E-state index contributed by atoms with van der Waals surface area (Å²) in [4.78, 5) is 0. The first-order chi connectivity index (χ1) is 10.1. The predicted octanol–water partition coefficient (Wildman–Crippen LogP) is 5.44. The fraction of sp³-hybridized carbons (Fsp3) is 0.294. The zero-order valence-corrected chi connectivity index (χ0v) is 13.0. The Morgan fingerprint density at radius 1 is 1.19 bits per heavy atom. The highest BCUT2D eigenvalue weighted by atomic mass is 35.5. The summed E-state index contributed by atoms with van der Waals surface area (Å²) < 4.78 is 18.9. The molecule has 0 spiro atoms. The Balaban J connectivity index is 2.04. The van der Waals surface area contributed by atoms with Crippen molar-refractivity contribution in [2.45, 2.75) is 26.3 Å². The van der Waals surface area contributed by atoms with Gasteiger partial charge in [0.1, 0.15) is 11.6 Å². The van der Waals surface area contributed by atoms with E-state index in [0.717, 1.165) is 24.3 Å². The van der Waals surface area contributed by atoms with Gasteiger partial charge in [0.05, 0.1) is 6.61 Å². The zero-order chi connectivity index (χ0) is 15.2. The minimum absolute atomic E-state index is 0.0445. The van der Waals surface area contributed by atoms with E-state index in [0.29, 0.717) is 10.7 Å². The Labute approximate surface area is 129 Å². The van der Waals surface area contributed by atoms with Gasteiger partial charge in [0.15, 0.2) is 0 Å². The van der Waals surface area contributed by atoms with Crippen molar-refractivity contribution in [1.82, 2.24) is 0 Å². The number of ether oxygens (including phenoxy) is 1. The van der Waals surface area contributed by atoms with Crippen LogP contribution in [0, 0.1) is 5.82 Å². The van der Waals surface area contributed by atoms with Crippen molar-refractivity contribution in [2.75, 3.05) is 11.9 Å². The summed E-state index contributed by atoms with van der Waals surface area (Å²) in [5.41, 5.74) is 1.76. The molecular weight excluding hydrogens is 289 g/mol. The van der Waals surface area contributed by atoms with Crippen LogP contribution >= 0.6 is 11.6 Å². The number of anilines is 1. The van der Waals surface area contributed by atoms with E-state index in [1.165, 1.54) is 12.1 Å². The average molecular weight is 308 g/mol. The van der Waals surface area contributed by atoms with E-state index in [1.807, 2.05) is 31.2 Å². The fourth-order valence-corrected chi connectivity index (χ4v) is 2.26. The van der Waals surface area contributed by atoms with Crippen LogP contribution in [0.2, 0.25) is 5.02 Å². The van der Waals surface area contributed by atoms with E-state index in [4.69, 9.17) is 16.3 Å². The first kappa shape index (κ1) is 15.6. The molecule has 0 amide bonds. The second kappa shape index (κ2) is 7.32. The molecule has 0 aromatic heterocycles. The maximum absolute atomic E-state index is 13.3. The number of nitrogens with one attached hydrogen (secondary N) is 1. The molecule has 2 aromatic rings. The molecule has 0 saturated carbocycles. The molecule has 0 radical (unpaired) electrons. The van der Waals surface area contributed by atoms with E-state index in [1.54, 1.807) is 6.07 Å². The van der Waals surface area contributed by atoms with Gasteiger partial charge in [-0.1, -0.05) is 30.7 Å². The third kappa shape index (κ3) is 4.64. The molecule has 0 bridgehead atoms. The summed E-state index contributed by atoms with van der Waals surface area (Å²) in [7, 11) is 0. The van der Waals surface area contributed by atoms with Crippen LogP contribution in [0.5, 0.6) is 5.75 Å². The minimum atomic E-state index is -0.347. The standard InChI is InChI=1S/C17H19ClFNO/c1-3-8-21-17-6-4-13(5-7-17)12(2)20-16-10-14(18)9-15(19)11-16/h4-7,9-12,20H,3,8H2,1-2H3. The third-order valence-electron chi connectivity index (χ3n) is 3.10. The van der Waals surface area contributed by atoms with E-state index in [-0.39, 0.29) is 11.9 Å². The lowest BCUT2D eigenvalue weighted by Crippen LogP contribution is -2.07. The number of benzene rings is 2. The van der Waals surface area contributed by atoms with Gasteiger partial charge in [-0.25, -0.2) is 4.39 Å². The molecule has 2 nitrogen and oxygen atoms in total. The van der Waals surface area contributed by atoms with Gasteiger partial charge in [0.25, 0.3) is 0 Å². The molecule has 112 valence electrons. The number of halogens is 2. The first-order valence-corrected chi connectivity index (χ1v) is 7.41. The molecule has 21 heavy (non-hydrogen) atoms. The van der Waals surface area contributed by atoms with Crippen molar-refractivity contribution in [1.29, 1.82) is 0 Å².